The van der Waals surface area contributed by atoms with Crippen molar-refractivity contribution in [2.75, 3.05) is 36.8 Å². The molecule has 0 atom stereocenters. The predicted octanol–water partition coefficient (Wildman–Crippen LogP) is 3.88. The summed E-state index contributed by atoms with van der Waals surface area (Å²) in [7, 11) is 0. The lowest BCUT2D eigenvalue weighted by molar-refractivity contribution is -0.383. The first kappa shape index (κ1) is 20.0. The number of benzene rings is 1. The second-order valence-electron chi connectivity index (χ2n) is 7.46. The van der Waals surface area contributed by atoms with E-state index in [0.717, 1.165) is 36.2 Å². The molecule has 9 nitrogen and oxygen atoms in total. The van der Waals surface area contributed by atoms with E-state index in [2.05, 4.69) is 30.5 Å². The van der Waals surface area contributed by atoms with Crippen LogP contribution in [0.3, 0.4) is 0 Å². The summed E-state index contributed by atoms with van der Waals surface area (Å²) in [6, 6.07) is 9.49. The maximum absolute atomic E-state index is 11.8. The Morgan fingerprint density at radius 3 is 2.70 bits per heavy atom. The molecule has 0 bridgehead atoms. The Morgan fingerprint density at radius 2 is 1.90 bits per heavy atom. The quantitative estimate of drug-likeness (QED) is 0.449. The highest BCUT2D eigenvalue weighted by atomic mass is 16.6. The smallest absolute Gasteiger partial charge is 0.353 e. The third kappa shape index (κ3) is 4.46. The van der Waals surface area contributed by atoms with E-state index in [-0.39, 0.29) is 17.3 Å². The first-order chi connectivity index (χ1) is 14.6. The van der Waals surface area contributed by atoms with Crippen LogP contribution >= 0.6 is 0 Å². The van der Waals surface area contributed by atoms with Crippen molar-refractivity contribution in [1.29, 1.82) is 0 Å². The maximum Gasteiger partial charge on any atom is 0.353 e. The molecular formula is C21H25N7O2. The van der Waals surface area contributed by atoms with Crippen molar-refractivity contribution in [3.05, 3.63) is 52.5 Å². The van der Waals surface area contributed by atoms with Crippen molar-refractivity contribution >= 4 is 33.9 Å². The van der Waals surface area contributed by atoms with Crippen LogP contribution in [0.4, 0.5) is 23.0 Å². The lowest BCUT2D eigenvalue weighted by Crippen LogP contribution is -2.33. The lowest BCUT2D eigenvalue weighted by Gasteiger charge is -2.26. The normalized spacial score (nSPS) is 14.6. The summed E-state index contributed by atoms with van der Waals surface area (Å²) in [6.07, 6.45) is 5.04. The van der Waals surface area contributed by atoms with Gasteiger partial charge in [0.1, 0.15) is 6.33 Å². The van der Waals surface area contributed by atoms with Crippen molar-refractivity contribution in [3.63, 3.8) is 0 Å². The molecule has 1 aliphatic heterocycles. The fourth-order valence-corrected chi connectivity index (χ4v) is 3.78. The number of hydrogen-bond acceptors (Lipinski definition) is 8. The zero-order valence-electron chi connectivity index (χ0n) is 17.0. The Morgan fingerprint density at radius 1 is 1.10 bits per heavy atom. The Hall–Kier alpha value is -3.33. The minimum Gasteiger partial charge on any atom is -0.363 e. The molecule has 1 fully saturated rings. The molecule has 0 aliphatic carbocycles. The van der Waals surface area contributed by atoms with E-state index < -0.39 is 4.92 Å². The van der Waals surface area contributed by atoms with E-state index in [1.165, 1.54) is 25.6 Å². The second-order valence-corrected chi connectivity index (χ2v) is 7.46. The molecule has 0 spiro atoms. The van der Waals surface area contributed by atoms with Crippen molar-refractivity contribution in [3.8, 4) is 0 Å². The van der Waals surface area contributed by atoms with E-state index in [0.29, 0.717) is 12.2 Å². The van der Waals surface area contributed by atoms with Crippen LogP contribution in [0.1, 0.15) is 25.0 Å². The fourth-order valence-electron chi connectivity index (χ4n) is 3.78. The Bertz CT molecular complexity index is 1050. The first-order valence-electron chi connectivity index (χ1n) is 10.2. The van der Waals surface area contributed by atoms with Crippen LogP contribution in [0.15, 0.2) is 36.7 Å². The number of nitro groups is 1. The minimum absolute atomic E-state index is 0.156. The molecular weight excluding hydrogens is 382 g/mol. The number of rotatable bonds is 7. The van der Waals surface area contributed by atoms with E-state index in [1.807, 2.05) is 37.3 Å². The Balaban J connectivity index is 1.56. The van der Waals surface area contributed by atoms with Gasteiger partial charge in [-0.05, 0) is 57.1 Å². The molecule has 0 saturated carbocycles. The van der Waals surface area contributed by atoms with Gasteiger partial charge >= 0.3 is 5.69 Å². The molecule has 156 valence electrons. The van der Waals surface area contributed by atoms with Crippen molar-refractivity contribution in [2.24, 2.45) is 0 Å². The van der Waals surface area contributed by atoms with Crippen molar-refractivity contribution in [2.45, 2.75) is 26.2 Å². The van der Waals surface area contributed by atoms with Crippen LogP contribution < -0.4 is 10.6 Å². The Kier molecular flexibility index (Phi) is 5.99. The van der Waals surface area contributed by atoms with Gasteiger partial charge < -0.3 is 15.5 Å². The van der Waals surface area contributed by atoms with E-state index >= 15 is 0 Å². The van der Waals surface area contributed by atoms with Crippen LogP contribution in [0.2, 0.25) is 0 Å². The zero-order chi connectivity index (χ0) is 20.9. The highest BCUT2D eigenvalue weighted by Gasteiger charge is 2.23. The Labute approximate surface area is 174 Å². The average molecular weight is 407 g/mol. The monoisotopic (exact) mass is 407 g/mol. The minimum atomic E-state index is -0.445. The summed E-state index contributed by atoms with van der Waals surface area (Å²) < 4.78 is 0. The summed E-state index contributed by atoms with van der Waals surface area (Å²) in [5.74, 6) is 0.382. The van der Waals surface area contributed by atoms with Gasteiger partial charge in [-0.2, -0.15) is 0 Å². The third-order valence-electron chi connectivity index (χ3n) is 5.30. The zero-order valence-corrected chi connectivity index (χ0v) is 17.0. The van der Waals surface area contributed by atoms with Crippen LogP contribution in [0.25, 0.3) is 10.9 Å². The van der Waals surface area contributed by atoms with Crippen molar-refractivity contribution < 1.29 is 4.92 Å². The first-order valence-corrected chi connectivity index (χ1v) is 10.2. The average Bonchev–Trinajstić information content (AvgIpc) is 2.74. The molecule has 1 saturated heterocycles. The summed E-state index contributed by atoms with van der Waals surface area (Å²) in [5, 5.41) is 18.9. The van der Waals surface area contributed by atoms with Gasteiger partial charge in [0.15, 0.2) is 0 Å². The van der Waals surface area contributed by atoms with E-state index in [1.54, 1.807) is 0 Å². The third-order valence-corrected chi connectivity index (χ3v) is 5.30. The number of aryl methyl sites for hydroxylation is 1. The largest absolute Gasteiger partial charge is 0.363 e. The molecule has 3 heterocycles. The molecule has 1 aromatic carbocycles. The van der Waals surface area contributed by atoms with E-state index in [9.17, 15) is 10.1 Å². The fraction of sp³-hybridized carbons (Fsp3) is 0.381. The summed E-state index contributed by atoms with van der Waals surface area (Å²) >= 11 is 0. The van der Waals surface area contributed by atoms with Crippen LogP contribution in [0.5, 0.6) is 0 Å². The number of hydrogen-bond donors (Lipinski definition) is 2. The lowest BCUT2D eigenvalue weighted by atomic mass is 10.1. The van der Waals surface area contributed by atoms with E-state index in [4.69, 9.17) is 0 Å². The molecule has 0 amide bonds. The molecule has 0 radical (unpaired) electrons. The number of pyridine rings is 1. The second kappa shape index (κ2) is 9.00. The van der Waals surface area contributed by atoms with Gasteiger partial charge in [0.25, 0.3) is 0 Å². The van der Waals surface area contributed by atoms with Gasteiger partial charge in [0, 0.05) is 29.9 Å². The highest BCUT2D eigenvalue weighted by molar-refractivity contribution is 5.94. The maximum atomic E-state index is 11.8. The number of nitrogens with zero attached hydrogens (tertiary/aromatic N) is 5. The number of anilines is 3. The number of piperidine rings is 1. The van der Waals surface area contributed by atoms with Gasteiger partial charge in [-0.3, -0.25) is 15.1 Å². The summed E-state index contributed by atoms with van der Waals surface area (Å²) in [6.45, 7) is 5.51. The van der Waals surface area contributed by atoms with Gasteiger partial charge in [-0.15, -0.1) is 0 Å². The van der Waals surface area contributed by atoms with Crippen LogP contribution in [-0.4, -0.2) is 51.0 Å². The summed E-state index contributed by atoms with van der Waals surface area (Å²) in [4.78, 5) is 26.5. The molecule has 4 rings (SSSR count). The number of likely N-dealkylation sites (tertiary alicyclic amines) is 1. The highest BCUT2D eigenvalue weighted by Crippen LogP contribution is 2.33. The molecule has 3 aromatic rings. The topological polar surface area (TPSA) is 109 Å². The SMILES string of the molecule is Cc1ccc2c(Nc3ncnc(NCCN4CCCCC4)c3[N+](=O)[O-])cccc2n1. The van der Waals surface area contributed by atoms with Gasteiger partial charge in [0.05, 0.1) is 10.4 Å². The molecule has 2 N–H and O–H groups in total. The predicted molar refractivity (Wildman–Crippen MR) is 117 cm³/mol. The van der Waals surface area contributed by atoms with Gasteiger partial charge in [0.2, 0.25) is 11.6 Å². The molecule has 30 heavy (non-hydrogen) atoms. The standard InChI is InChI=1S/C21H25N7O2/c1-15-8-9-16-17(25-15)6-5-7-18(16)26-21-19(28(29)30)20(23-14-24-21)22-10-13-27-11-3-2-4-12-27/h5-9,14H,2-4,10-13H2,1H3,(H2,22,23,24,26). The molecule has 0 unspecified atom stereocenters. The number of fused-ring (bicyclic) bond motifs is 1. The van der Waals surface area contributed by atoms with Crippen molar-refractivity contribution in [1.82, 2.24) is 19.9 Å². The molecule has 9 heteroatoms. The number of aromatic nitrogens is 3. The van der Waals surface area contributed by atoms with Crippen LogP contribution in [-0.2, 0) is 0 Å². The van der Waals surface area contributed by atoms with Gasteiger partial charge in [-0.25, -0.2) is 9.97 Å². The molecule has 2 aromatic heterocycles. The van der Waals surface area contributed by atoms with Crippen LogP contribution in [0, 0.1) is 17.0 Å². The van der Waals surface area contributed by atoms with Gasteiger partial charge in [-0.1, -0.05) is 12.5 Å². The molecule has 1 aliphatic rings. The number of nitrogens with one attached hydrogen (secondary N) is 2. The summed E-state index contributed by atoms with van der Waals surface area (Å²) in [5.41, 5.74) is 2.28.